The summed E-state index contributed by atoms with van der Waals surface area (Å²) in [4.78, 5) is 8.67. The highest BCUT2D eigenvalue weighted by Crippen LogP contribution is 2.33. The van der Waals surface area contributed by atoms with E-state index < -0.39 is 10.0 Å². The van der Waals surface area contributed by atoms with Gasteiger partial charge in [-0.15, -0.1) is 0 Å². The Bertz CT molecular complexity index is 1320. The van der Waals surface area contributed by atoms with Gasteiger partial charge in [-0.3, -0.25) is 9.40 Å². The van der Waals surface area contributed by atoms with Gasteiger partial charge in [-0.05, 0) is 30.2 Å². The van der Waals surface area contributed by atoms with Gasteiger partial charge < -0.3 is 11.1 Å². The molecular formula is C20H19N7O2S. The van der Waals surface area contributed by atoms with E-state index in [4.69, 9.17) is 5.73 Å². The third-order valence-corrected chi connectivity index (χ3v) is 6.91. The molecule has 1 unspecified atom stereocenters. The fraction of sp³-hybridized carbons (Fsp3) is 0.150. The summed E-state index contributed by atoms with van der Waals surface area (Å²) in [5.41, 5.74) is 7.97. The van der Waals surface area contributed by atoms with E-state index in [2.05, 4.69) is 25.5 Å². The number of benzene rings is 2. The number of fused-ring (bicyclic) bond motifs is 2. The number of aromatic amines is 1. The molecule has 2 aromatic carbocycles. The molecule has 3 heterocycles. The van der Waals surface area contributed by atoms with Crippen molar-refractivity contribution in [2.24, 2.45) is 0 Å². The van der Waals surface area contributed by atoms with Crippen LogP contribution in [0.25, 0.3) is 11.0 Å². The minimum absolute atomic E-state index is 0.110. The second kappa shape index (κ2) is 6.99. The molecule has 1 aliphatic rings. The lowest BCUT2D eigenvalue weighted by molar-refractivity contribution is 0.581. The number of hydrogen-bond donors (Lipinski definition) is 3. The van der Waals surface area contributed by atoms with Gasteiger partial charge in [0.1, 0.15) is 5.82 Å². The highest BCUT2D eigenvalue weighted by molar-refractivity contribution is 7.92. The maximum atomic E-state index is 13.4. The molecule has 152 valence electrons. The Balaban J connectivity index is 1.54. The van der Waals surface area contributed by atoms with Crippen molar-refractivity contribution < 1.29 is 8.42 Å². The number of rotatable bonds is 4. The fourth-order valence-corrected chi connectivity index (χ4v) is 5.32. The quantitative estimate of drug-likeness (QED) is 0.460. The molecule has 0 amide bonds. The van der Waals surface area contributed by atoms with Crippen molar-refractivity contribution in [3.8, 4) is 0 Å². The summed E-state index contributed by atoms with van der Waals surface area (Å²) < 4.78 is 28.3. The van der Waals surface area contributed by atoms with Crippen LogP contribution in [-0.2, 0) is 16.4 Å². The molecule has 5 rings (SSSR count). The van der Waals surface area contributed by atoms with Gasteiger partial charge in [-0.1, -0.05) is 36.4 Å². The summed E-state index contributed by atoms with van der Waals surface area (Å²) in [5, 5.41) is 10.8. The Morgan fingerprint density at radius 3 is 2.67 bits per heavy atom. The lowest BCUT2D eigenvalue weighted by atomic mass is 9.99. The second-order valence-corrected chi connectivity index (χ2v) is 8.95. The summed E-state index contributed by atoms with van der Waals surface area (Å²) in [5.74, 6) is 0.631. The first-order chi connectivity index (χ1) is 14.5. The van der Waals surface area contributed by atoms with Crippen LogP contribution in [0.5, 0.6) is 0 Å². The molecule has 1 atom stereocenters. The lowest BCUT2D eigenvalue weighted by Crippen LogP contribution is -2.45. The van der Waals surface area contributed by atoms with Crippen molar-refractivity contribution in [2.75, 3.05) is 21.9 Å². The van der Waals surface area contributed by atoms with Gasteiger partial charge in [0.25, 0.3) is 10.0 Å². The van der Waals surface area contributed by atoms with Gasteiger partial charge in [-0.2, -0.15) is 15.1 Å². The van der Waals surface area contributed by atoms with E-state index in [0.717, 1.165) is 5.56 Å². The van der Waals surface area contributed by atoms with E-state index in [1.165, 1.54) is 4.31 Å². The highest BCUT2D eigenvalue weighted by atomic mass is 32.2. The summed E-state index contributed by atoms with van der Waals surface area (Å²) >= 11 is 0. The van der Waals surface area contributed by atoms with Crippen LogP contribution in [-0.4, -0.2) is 41.2 Å². The molecule has 1 aliphatic heterocycles. The molecule has 4 N–H and O–H groups in total. The molecule has 0 saturated carbocycles. The maximum absolute atomic E-state index is 13.4. The molecule has 0 spiro atoms. The minimum Gasteiger partial charge on any atom is -0.368 e. The van der Waals surface area contributed by atoms with Crippen LogP contribution in [0.15, 0.2) is 65.7 Å². The number of para-hydroxylation sites is 1. The number of nitrogens with two attached hydrogens (primary N) is 1. The van der Waals surface area contributed by atoms with Crippen LogP contribution >= 0.6 is 0 Å². The molecule has 4 aromatic rings. The van der Waals surface area contributed by atoms with Gasteiger partial charge in [0.05, 0.1) is 34.8 Å². The van der Waals surface area contributed by atoms with Crippen molar-refractivity contribution in [3.05, 3.63) is 66.4 Å². The number of sulfonamides is 1. The van der Waals surface area contributed by atoms with Gasteiger partial charge in [0.15, 0.2) is 5.65 Å². The van der Waals surface area contributed by atoms with Crippen LogP contribution in [0.2, 0.25) is 0 Å². The van der Waals surface area contributed by atoms with Crippen LogP contribution in [0.4, 0.5) is 17.5 Å². The molecule has 0 bridgehead atoms. The number of aromatic nitrogens is 4. The van der Waals surface area contributed by atoms with Gasteiger partial charge in [-0.25, -0.2) is 8.42 Å². The summed E-state index contributed by atoms with van der Waals surface area (Å²) in [6.07, 6.45) is 2.26. The van der Waals surface area contributed by atoms with Crippen LogP contribution in [0, 0.1) is 0 Å². The zero-order valence-electron chi connectivity index (χ0n) is 15.9. The lowest BCUT2D eigenvalue weighted by Gasteiger charge is -2.35. The normalized spacial score (nSPS) is 16.4. The first-order valence-electron chi connectivity index (χ1n) is 9.41. The molecule has 0 aliphatic carbocycles. The first kappa shape index (κ1) is 18.4. The molecule has 9 nitrogen and oxygen atoms in total. The van der Waals surface area contributed by atoms with E-state index in [0.29, 0.717) is 29.0 Å². The molecule has 10 heteroatoms. The smallest absolute Gasteiger partial charge is 0.264 e. The second-order valence-electron chi connectivity index (χ2n) is 7.09. The fourth-order valence-electron chi connectivity index (χ4n) is 3.75. The Morgan fingerprint density at radius 1 is 1.07 bits per heavy atom. The highest BCUT2D eigenvalue weighted by Gasteiger charge is 2.33. The van der Waals surface area contributed by atoms with Crippen LogP contribution in [0.3, 0.4) is 0 Å². The summed E-state index contributed by atoms with van der Waals surface area (Å²) in [6, 6.07) is 15.8. The Hall–Kier alpha value is -3.66. The number of hydrogen-bond acceptors (Lipinski definition) is 7. The van der Waals surface area contributed by atoms with E-state index in [9.17, 15) is 8.42 Å². The van der Waals surface area contributed by atoms with Crippen LogP contribution in [0.1, 0.15) is 5.56 Å². The monoisotopic (exact) mass is 421 g/mol. The number of nitrogen functional groups attached to an aromatic ring is 1. The molecule has 2 aromatic heterocycles. The van der Waals surface area contributed by atoms with Crippen molar-refractivity contribution in [2.45, 2.75) is 17.4 Å². The minimum atomic E-state index is -3.72. The number of nitrogens with zero attached hydrogens (tertiary/aromatic N) is 4. The van der Waals surface area contributed by atoms with E-state index in [1.807, 2.05) is 24.3 Å². The molecule has 30 heavy (non-hydrogen) atoms. The third kappa shape index (κ3) is 3.11. The summed E-state index contributed by atoms with van der Waals surface area (Å²) in [7, 11) is -3.72. The number of anilines is 3. The Kier molecular flexibility index (Phi) is 4.28. The average molecular weight is 421 g/mol. The van der Waals surface area contributed by atoms with E-state index in [1.54, 1.807) is 36.5 Å². The Morgan fingerprint density at radius 2 is 1.83 bits per heavy atom. The van der Waals surface area contributed by atoms with Gasteiger partial charge in [0, 0.05) is 0 Å². The maximum Gasteiger partial charge on any atom is 0.264 e. The molecule has 0 fully saturated rings. The standard InChI is InChI=1S/C20H19N7O2S/c21-20-24-18(16-11-22-26-19(16)25-20)23-14-10-13-6-4-5-9-17(13)27(12-14)30(28,29)15-7-2-1-3-8-15/h1-9,11,14H,10,12H2,(H4,21,22,23,24,25,26). The molecule has 0 radical (unpaired) electrons. The zero-order valence-corrected chi connectivity index (χ0v) is 16.7. The van der Waals surface area contributed by atoms with Crippen LogP contribution < -0.4 is 15.4 Å². The van der Waals surface area contributed by atoms with Gasteiger partial charge >= 0.3 is 0 Å². The molecular weight excluding hydrogens is 402 g/mol. The SMILES string of the molecule is Nc1nc(NC2Cc3ccccc3N(S(=O)(=O)c3ccccc3)C2)c2cn[nH]c2n1. The van der Waals surface area contributed by atoms with Gasteiger partial charge in [0.2, 0.25) is 5.95 Å². The van der Waals surface area contributed by atoms with Crippen molar-refractivity contribution in [1.82, 2.24) is 20.2 Å². The summed E-state index contributed by atoms with van der Waals surface area (Å²) in [6.45, 7) is 0.248. The molecule has 0 saturated heterocycles. The predicted octanol–water partition coefficient (Wildman–Crippen LogP) is 2.17. The largest absolute Gasteiger partial charge is 0.368 e. The van der Waals surface area contributed by atoms with Crippen molar-refractivity contribution in [3.63, 3.8) is 0 Å². The third-order valence-electron chi connectivity index (χ3n) is 5.11. The van der Waals surface area contributed by atoms with E-state index in [-0.39, 0.29) is 23.4 Å². The van der Waals surface area contributed by atoms with Crippen molar-refractivity contribution in [1.29, 1.82) is 0 Å². The van der Waals surface area contributed by atoms with Crippen molar-refractivity contribution >= 4 is 38.5 Å². The number of nitrogens with one attached hydrogen (secondary N) is 2. The predicted molar refractivity (Wildman–Crippen MR) is 115 cm³/mol. The average Bonchev–Trinajstić information content (AvgIpc) is 3.22. The number of H-pyrrole nitrogens is 1. The zero-order chi connectivity index (χ0) is 20.7. The Labute approximate surface area is 173 Å². The van der Waals surface area contributed by atoms with E-state index >= 15 is 0 Å². The topological polar surface area (TPSA) is 130 Å². The first-order valence-corrected chi connectivity index (χ1v) is 10.9.